The van der Waals surface area contributed by atoms with Crippen molar-refractivity contribution in [3.63, 3.8) is 0 Å². The highest BCUT2D eigenvalue weighted by atomic mass is 19.1. The van der Waals surface area contributed by atoms with Crippen molar-refractivity contribution in [2.75, 3.05) is 13.1 Å². The third-order valence-electron chi connectivity index (χ3n) is 6.21. The number of hydrogen-bond acceptors (Lipinski definition) is 2. The van der Waals surface area contributed by atoms with Crippen LogP contribution in [0.1, 0.15) is 54.0 Å². The molecule has 0 N–H and O–H groups in total. The van der Waals surface area contributed by atoms with Crippen LogP contribution in [0.5, 0.6) is 0 Å². The molecule has 5 nitrogen and oxygen atoms in total. The summed E-state index contributed by atoms with van der Waals surface area (Å²) in [5.74, 6) is -0.747. The van der Waals surface area contributed by atoms with Crippen molar-refractivity contribution in [3.05, 3.63) is 95.1 Å². The molecule has 1 aromatic heterocycles. The topological polar surface area (TPSA) is 45.6 Å². The minimum Gasteiger partial charge on any atom is -0.348 e. The average Bonchev–Trinajstić information content (AvgIpc) is 3.25. The van der Waals surface area contributed by atoms with Crippen LogP contribution in [0.15, 0.2) is 66.9 Å². The molecule has 3 aromatic rings. The fourth-order valence-corrected chi connectivity index (χ4v) is 4.37. The molecular formula is C27H30FN3O2. The van der Waals surface area contributed by atoms with E-state index in [-0.39, 0.29) is 24.2 Å². The van der Waals surface area contributed by atoms with Crippen molar-refractivity contribution in [3.8, 4) is 0 Å². The lowest BCUT2D eigenvalue weighted by Crippen LogP contribution is -2.53. The number of nitrogens with zero attached hydrogens (tertiary/aromatic N) is 3. The number of aryl methyl sites for hydroxylation is 1. The number of benzene rings is 2. The van der Waals surface area contributed by atoms with Gasteiger partial charge in [-0.25, -0.2) is 4.39 Å². The Morgan fingerprint density at radius 1 is 1.00 bits per heavy atom. The maximum Gasteiger partial charge on any atom is 0.254 e. The summed E-state index contributed by atoms with van der Waals surface area (Å²) < 4.78 is 16.9. The van der Waals surface area contributed by atoms with Crippen molar-refractivity contribution in [2.24, 2.45) is 0 Å². The van der Waals surface area contributed by atoms with Crippen LogP contribution in [0, 0.1) is 12.7 Å². The van der Waals surface area contributed by atoms with E-state index in [2.05, 4.69) is 4.57 Å². The third-order valence-corrected chi connectivity index (χ3v) is 6.21. The molecule has 1 aliphatic heterocycles. The lowest BCUT2D eigenvalue weighted by molar-refractivity contribution is -0.135. The average molecular weight is 448 g/mol. The smallest absolute Gasteiger partial charge is 0.254 e. The molecule has 0 saturated heterocycles. The molecule has 2 heterocycles. The Hall–Kier alpha value is -3.41. The number of aromatic nitrogens is 1. The lowest BCUT2D eigenvalue weighted by Gasteiger charge is -2.41. The molecule has 0 radical (unpaired) electrons. The molecule has 4 rings (SSSR count). The summed E-state index contributed by atoms with van der Waals surface area (Å²) in [5.41, 5.74) is 2.36. The predicted octanol–water partition coefficient (Wildman–Crippen LogP) is 4.81. The van der Waals surface area contributed by atoms with Crippen molar-refractivity contribution >= 4 is 11.8 Å². The highest BCUT2D eigenvalue weighted by Gasteiger charge is 2.37. The van der Waals surface area contributed by atoms with Gasteiger partial charge in [-0.3, -0.25) is 9.59 Å². The molecular weight excluding hydrogens is 417 g/mol. The van der Waals surface area contributed by atoms with E-state index in [4.69, 9.17) is 0 Å². The zero-order valence-electron chi connectivity index (χ0n) is 19.6. The van der Waals surface area contributed by atoms with Gasteiger partial charge in [0.2, 0.25) is 5.91 Å². The Bertz CT molecular complexity index is 1160. The molecule has 0 fully saturated rings. The number of carbonyl (C=O) groups excluding carboxylic acids is 2. The first-order valence-electron chi connectivity index (χ1n) is 11.2. The highest BCUT2D eigenvalue weighted by molar-refractivity contribution is 5.97. The van der Waals surface area contributed by atoms with Crippen LogP contribution in [0.4, 0.5) is 4.39 Å². The van der Waals surface area contributed by atoms with Crippen LogP contribution in [0.25, 0.3) is 0 Å². The Balaban J connectivity index is 1.66. The summed E-state index contributed by atoms with van der Waals surface area (Å²) in [4.78, 5) is 30.4. The second-order valence-electron chi connectivity index (χ2n) is 9.57. The fourth-order valence-electron chi connectivity index (χ4n) is 4.37. The quantitative estimate of drug-likeness (QED) is 0.576. The molecule has 1 aliphatic rings. The van der Waals surface area contributed by atoms with Gasteiger partial charge in [0.05, 0.1) is 0 Å². The van der Waals surface area contributed by atoms with E-state index >= 15 is 0 Å². The molecule has 2 amide bonds. The Morgan fingerprint density at radius 3 is 2.36 bits per heavy atom. The summed E-state index contributed by atoms with van der Waals surface area (Å²) >= 11 is 0. The third kappa shape index (κ3) is 4.56. The Labute approximate surface area is 194 Å². The van der Waals surface area contributed by atoms with E-state index < -0.39 is 11.6 Å². The van der Waals surface area contributed by atoms with Gasteiger partial charge >= 0.3 is 0 Å². The zero-order chi connectivity index (χ0) is 23.8. The maximum atomic E-state index is 14.8. The molecule has 2 aromatic carbocycles. The fraction of sp³-hybridized carbons (Fsp3) is 0.333. The van der Waals surface area contributed by atoms with Gasteiger partial charge < -0.3 is 14.4 Å². The standard InChI is InChI=1S/C27H30FN3O2/c1-19-11-13-20(14-12-19)26(33)31(27(2,3)4)18-24(32)30-17-16-29-15-7-10-23(29)25(30)21-8-5-6-9-22(21)28/h5-15,25H,16-18H2,1-4H3/t25-/m0/s1. The SMILES string of the molecule is Cc1ccc(C(=O)N(CC(=O)N2CCn3cccc3[C@@H]2c2ccccc2F)C(C)(C)C)cc1. The van der Waals surface area contributed by atoms with Crippen LogP contribution >= 0.6 is 0 Å². The summed E-state index contributed by atoms with van der Waals surface area (Å²) in [6.07, 6.45) is 1.95. The number of fused-ring (bicyclic) bond motifs is 1. The molecule has 1 atom stereocenters. The molecule has 0 bridgehead atoms. The van der Waals surface area contributed by atoms with Gasteiger partial charge in [0.15, 0.2) is 0 Å². The molecule has 0 spiro atoms. The number of hydrogen-bond donors (Lipinski definition) is 0. The number of halogens is 1. The number of carbonyl (C=O) groups is 2. The Kier molecular flexibility index (Phi) is 6.11. The first-order valence-corrected chi connectivity index (χ1v) is 11.2. The second kappa shape index (κ2) is 8.85. The molecule has 0 saturated carbocycles. The van der Waals surface area contributed by atoms with E-state index in [1.807, 2.05) is 58.2 Å². The van der Waals surface area contributed by atoms with E-state index in [1.54, 1.807) is 40.1 Å². The maximum absolute atomic E-state index is 14.8. The van der Waals surface area contributed by atoms with Gasteiger partial charge in [-0.1, -0.05) is 35.9 Å². The molecule has 172 valence electrons. The second-order valence-corrected chi connectivity index (χ2v) is 9.57. The summed E-state index contributed by atoms with van der Waals surface area (Å²) in [5, 5.41) is 0. The molecule has 0 unspecified atom stereocenters. The van der Waals surface area contributed by atoms with Crippen LogP contribution in [0.2, 0.25) is 0 Å². The summed E-state index contributed by atoms with van der Waals surface area (Å²) in [7, 11) is 0. The zero-order valence-corrected chi connectivity index (χ0v) is 19.6. The normalized spacial score (nSPS) is 15.8. The molecule has 33 heavy (non-hydrogen) atoms. The van der Waals surface area contributed by atoms with Gasteiger partial charge in [0, 0.05) is 41.6 Å². The van der Waals surface area contributed by atoms with Gasteiger partial charge in [-0.05, 0) is 58.0 Å². The van der Waals surface area contributed by atoms with Crippen molar-refractivity contribution in [2.45, 2.75) is 45.8 Å². The monoisotopic (exact) mass is 447 g/mol. The Morgan fingerprint density at radius 2 is 1.70 bits per heavy atom. The van der Waals surface area contributed by atoms with E-state index in [1.165, 1.54) is 6.07 Å². The van der Waals surface area contributed by atoms with E-state index in [9.17, 15) is 14.0 Å². The van der Waals surface area contributed by atoms with Gasteiger partial charge in [0.25, 0.3) is 5.91 Å². The van der Waals surface area contributed by atoms with Crippen LogP contribution in [0.3, 0.4) is 0 Å². The van der Waals surface area contributed by atoms with Crippen molar-refractivity contribution in [1.29, 1.82) is 0 Å². The summed E-state index contributed by atoms with van der Waals surface area (Å²) in [6, 6.07) is 17.2. The van der Waals surface area contributed by atoms with Crippen LogP contribution in [-0.4, -0.2) is 44.8 Å². The first-order chi connectivity index (χ1) is 15.7. The first kappa shape index (κ1) is 22.8. The van der Waals surface area contributed by atoms with Gasteiger partial charge in [-0.2, -0.15) is 0 Å². The van der Waals surface area contributed by atoms with Gasteiger partial charge in [0.1, 0.15) is 18.4 Å². The highest BCUT2D eigenvalue weighted by Crippen LogP contribution is 2.34. The van der Waals surface area contributed by atoms with Crippen molar-refractivity contribution < 1.29 is 14.0 Å². The molecule has 0 aliphatic carbocycles. The van der Waals surface area contributed by atoms with E-state index in [0.717, 1.165) is 11.3 Å². The number of amides is 2. The summed E-state index contributed by atoms with van der Waals surface area (Å²) in [6.45, 7) is 8.71. The minimum atomic E-state index is -0.568. The van der Waals surface area contributed by atoms with Crippen molar-refractivity contribution in [1.82, 2.24) is 14.4 Å². The van der Waals surface area contributed by atoms with Crippen LogP contribution < -0.4 is 0 Å². The van der Waals surface area contributed by atoms with Crippen LogP contribution in [-0.2, 0) is 11.3 Å². The lowest BCUT2D eigenvalue weighted by atomic mass is 9.98. The molecule has 6 heteroatoms. The minimum absolute atomic E-state index is 0.0815. The van der Waals surface area contributed by atoms with Gasteiger partial charge in [-0.15, -0.1) is 0 Å². The van der Waals surface area contributed by atoms with E-state index in [0.29, 0.717) is 24.2 Å². The number of rotatable bonds is 4. The largest absolute Gasteiger partial charge is 0.348 e. The predicted molar refractivity (Wildman–Crippen MR) is 126 cm³/mol.